The Morgan fingerprint density at radius 1 is 1.33 bits per heavy atom. The van der Waals surface area contributed by atoms with Gasteiger partial charge in [0.1, 0.15) is 11.6 Å². The third-order valence-electron chi connectivity index (χ3n) is 3.49. The van der Waals surface area contributed by atoms with Gasteiger partial charge in [0.05, 0.1) is 15.9 Å². The van der Waals surface area contributed by atoms with E-state index in [2.05, 4.69) is 47.5 Å². The molecule has 110 valence electrons. The van der Waals surface area contributed by atoms with E-state index in [1.165, 1.54) is 5.56 Å². The summed E-state index contributed by atoms with van der Waals surface area (Å²) in [5, 5.41) is 0. The zero-order chi connectivity index (χ0) is 15.0. The number of hydrogen-bond acceptors (Lipinski definition) is 4. The van der Waals surface area contributed by atoms with Crippen molar-refractivity contribution in [3.05, 3.63) is 33.0 Å². The second kappa shape index (κ2) is 5.79. The van der Waals surface area contributed by atoms with E-state index in [9.17, 15) is 0 Å². The lowest BCUT2D eigenvalue weighted by Crippen LogP contribution is -2.07. The van der Waals surface area contributed by atoms with Crippen molar-refractivity contribution in [2.75, 3.05) is 12.3 Å². The van der Waals surface area contributed by atoms with E-state index in [1.54, 1.807) is 0 Å². The second-order valence-electron chi connectivity index (χ2n) is 5.71. The molecule has 2 heterocycles. The molecule has 0 amide bonds. The van der Waals surface area contributed by atoms with Crippen molar-refractivity contribution in [2.24, 2.45) is 5.92 Å². The predicted molar refractivity (Wildman–Crippen MR) is 92.3 cm³/mol. The highest BCUT2D eigenvalue weighted by atomic mass is 127. The van der Waals surface area contributed by atoms with Crippen LogP contribution in [0.3, 0.4) is 0 Å². The van der Waals surface area contributed by atoms with E-state index in [0.29, 0.717) is 17.6 Å². The molecule has 4 nitrogen and oxygen atoms in total. The van der Waals surface area contributed by atoms with Crippen LogP contribution in [0, 0.1) is 9.49 Å². The van der Waals surface area contributed by atoms with Crippen LogP contribution in [0.5, 0.6) is 5.75 Å². The molecule has 1 aliphatic rings. The van der Waals surface area contributed by atoms with Crippen molar-refractivity contribution >= 4 is 28.4 Å². The maximum Gasteiger partial charge on any atom is 0.161 e. The molecule has 0 saturated carbocycles. The van der Waals surface area contributed by atoms with Gasteiger partial charge >= 0.3 is 0 Å². The normalized spacial score (nSPS) is 13.3. The van der Waals surface area contributed by atoms with Crippen LogP contribution in [0.25, 0.3) is 11.4 Å². The van der Waals surface area contributed by atoms with Crippen LogP contribution in [0.4, 0.5) is 5.82 Å². The van der Waals surface area contributed by atoms with Crippen molar-refractivity contribution in [1.82, 2.24) is 9.97 Å². The standard InChI is InChI=1S/C16H18IN3O/c1-9(2)7-12-14(17)15(18)20-16(19-12)11-3-4-13-10(8-11)5-6-21-13/h3-4,8-9H,5-7H2,1-2H3,(H2,18,19,20). The van der Waals surface area contributed by atoms with E-state index in [0.717, 1.165) is 40.0 Å². The molecular formula is C16H18IN3O. The fourth-order valence-corrected chi connectivity index (χ4v) is 2.95. The third-order valence-corrected chi connectivity index (χ3v) is 4.67. The molecule has 2 N–H and O–H groups in total. The smallest absolute Gasteiger partial charge is 0.161 e. The molecule has 0 unspecified atom stereocenters. The maximum atomic E-state index is 6.06. The van der Waals surface area contributed by atoms with Gasteiger partial charge in [-0.1, -0.05) is 13.8 Å². The molecular weight excluding hydrogens is 377 g/mol. The first-order valence-corrected chi connectivity index (χ1v) is 8.20. The summed E-state index contributed by atoms with van der Waals surface area (Å²) in [5.41, 5.74) is 9.32. The summed E-state index contributed by atoms with van der Waals surface area (Å²) < 4.78 is 6.51. The van der Waals surface area contributed by atoms with Gasteiger partial charge in [0.2, 0.25) is 0 Å². The summed E-state index contributed by atoms with van der Waals surface area (Å²) in [6.07, 6.45) is 1.86. The number of fused-ring (bicyclic) bond motifs is 1. The Bertz CT molecular complexity index is 685. The van der Waals surface area contributed by atoms with Crippen molar-refractivity contribution in [3.63, 3.8) is 0 Å². The number of nitrogen functional groups attached to an aromatic ring is 1. The van der Waals surface area contributed by atoms with Gasteiger partial charge in [-0.05, 0) is 58.7 Å². The van der Waals surface area contributed by atoms with Crippen molar-refractivity contribution < 1.29 is 4.74 Å². The Kier molecular flexibility index (Phi) is 4.01. The average molecular weight is 395 g/mol. The minimum Gasteiger partial charge on any atom is -0.493 e. The molecule has 1 aliphatic heterocycles. The quantitative estimate of drug-likeness (QED) is 0.809. The van der Waals surface area contributed by atoms with Crippen LogP contribution in [0.15, 0.2) is 18.2 Å². The lowest BCUT2D eigenvalue weighted by Gasteiger charge is -2.11. The average Bonchev–Trinajstić information content (AvgIpc) is 2.90. The Labute approximate surface area is 138 Å². The Morgan fingerprint density at radius 3 is 2.90 bits per heavy atom. The number of halogens is 1. The first kappa shape index (κ1) is 14.6. The monoisotopic (exact) mass is 395 g/mol. The molecule has 0 saturated heterocycles. The minimum absolute atomic E-state index is 0.536. The van der Waals surface area contributed by atoms with E-state index in [-0.39, 0.29) is 0 Å². The van der Waals surface area contributed by atoms with Crippen LogP contribution in [-0.2, 0) is 12.8 Å². The summed E-state index contributed by atoms with van der Waals surface area (Å²) in [6, 6.07) is 6.12. The number of anilines is 1. The van der Waals surface area contributed by atoms with Gasteiger partial charge in [0, 0.05) is 12.0 Å². The predicted octanol–water partition coefficient (Wildman–Crippen LogP) is 3.46. The molecule has 0 bridgehead atoms. The lowest BCUT2D eigenvalue weighted by molar-refractivity contribution is 0.357. The van der Waals surface area contributed by atoms with Gasteiger partial charge in [-0.25, -0.2) is 9.97 Å². The molecule has 0 atom stereocenters. The number of nitrogens with two attached hydrogens (primary N) is 1. The summed E-state index contributed by atoms with van der Waals surface area (Å²) in [7, 11) is 0. The number of ether oxygens (including phenoxy) is 1. The zero-order valence-electron chi connectivity index (χ0n) is 12.2. The molecule has 1 aromatic heterocycles. The lowest BCUT2D eigenvalue weighted by atomic mass is 10.1. The zero-order valence-corrected chi connectivity index (χ0v) is 14.3. The van der Waals surface area contributed by atoms with E-state index in [4.69, 9.17) is 15.5 Å². The molecule has 21 heavy (non-hydrogen) atoms. The van der Waals surface area contributed by atoms with Crippen molar-refractivity contribution in [3.8, 4) is 17.1 Å². The third kappa shape index (κ3) is 2.97. The molecule has 0 radical (unpaired) electrons. The molecule has 0 fully saturated rings. The number of aromatic nitrogens is 2. The molecule has 3 rings (SSSR count). The van der Waals surface area contributed by atoms with Crippen LogP contribution in [0.1, 0.15) is 25.1 Å². The first-order valence-electron chi connectivity index (χ1n) is 7.12. The SMILES string of the molecule is CC(C)Cc1nc(-c2ccc3c(c2)CCO3)nc(N)c1I. The number of rotatable bonds is 3. The highest BCUT2D eigenvalue weighted by Gasteiger charge is 2.16. The van der Waals surface area contributed by atoms with Gasteiger partial charge in [-0.2, -0.15) is 0 Å². The van der Waals surface area contributed by atoms with Crippen molar-refractivity contribution in [1.29, 1.82) is 0 Å². The number of nitrogens with zero attached hydrogens (tertiary/aromatic N) is 2. The number of hydrogen-bond donors (Lipinski definition) is 1. The maximum absolute atomic E-state index is 6.06. The van der Waals surface area contributed by atoms with Gasteiger partial charge in [-0.3, -0.25) is 0 Å². The van der Waals surface area contributed by atoms with Crippen LogP contribution in [-0.4, -0.2) is 16.6 Å². The van der Waals surface area contributed by atoms with Crippen LogP contribution >= 0.6 is 22.6 Å². The van der Waals surface area contributed by atoms with Gasteiger partial charge in [0.15, 0.2) is 5.82 Å². The first-order chi connectivity index (χ1) is 10.0. The molecule has 1 aromatic carbocycles. The summed E-state index contributed by atoms with van der Waals surface area (Å²) in [6.45, 7) is 5.12. The second-order valence-corrected chi connectivity index (χ2v) is 6.79. The van der Waals surface area contributed by atoms with E-state index >= 15 is 0 Å². The minimum atomic E-state index is 0.536. The molecule has 2 aromatic rings. The van der Waals surface area contributed by atoms with E-state index < -0.39 is 0 Å². The summed E-state index contributed by atoms with van der Waals surface area (Å²) in [5.74, 6) is 2.78. The highest BCUT2D eigenvalue weighted by Crippen LogP contribution is 2.30. The fourth-order valence-electron chi connectivity index (χ4n) is 2.49. The van der Waals surface area contributed by atoms with Gasteiger partial charge < -0.3 is 10.5 Å². The summed E-state index contributed by atoms with van der Waals surface area (Å²) in [4.78, 5) is 9.18. The van der Waals surface area contributed by atoms with Gasteiger partial charge in [0.25, 0.3) is 0 Å². The van der Waals surface area contributed by atoms with Crippen LogP contribution < -0.4 is 10.5 Å². The fraction of sp³-hybridized carbons (Fsp3) is 0.375. The molecule has 5 heteroatoms. The molecule has 0 spiro atoms. The topological polar surface area (TPSA) is 61.0 Å². The van der Waals surface area contributed by atoms with Gasteiger partial charge in [-0.15, -0.1) is 0 Å². The van der Waals surface area contributed by atoms with E-state index in [1.807, 2.05) is 12.1 Å². The highest BCUT2D eigenvalue weighted by molar-refractivity contribution is 14.1. The van der Waals surface area contributed by atoms with Crippen molar-refractivity contribution in [2.45, 2.75) is 26.7 Å². The Balaban J connectivity index is 2.04. The Hall–Kier alpha value is -1.37. The Morgan fingerprint density at radius 2 is 2.14 bits per heavy atom. The summed E-state index contributed by atoms with van der Waals surface area (Å²) >= 11 is 2.23. The number of benzene rings is 1. The van der Waals surface area contributed by atoms with Crippen LogP contribution in [0.2, 0.25) is 0 Å². The molecule has 0 aliphatic carbocycles. The largest absolute Gasteiger partial charge is 0.493 e.